The average molecular weight is 166 g/mol. The minimum absolute atomic E-state index is 0.0590. The lowest BCUT2D eigenvalue weighted by Crippen LogP contribution is -2.24. The lowest BCUT2D eigenvalue weighted by molar-refractivity contribution is -0.154. The van der Waals surface area contributed by atoms with Crippen LogP contribution in [0.4, 0.5) is 0 Å². The fourth-order valence-corrected chi connectivity index (χ4v) is 3.20. The van der Waals surface area contributed by atoms with Crippen LogP contribution in [-0.2, 0) is 14.3 Å². The van der Waals surface area contributed by atoms with E-state index in [0.717, 1.165) is 19.3 Å². The van der Waals surface area contributed by atoms with Crippen molar-refractivity contribution in [1.29, 1.82) is 0 Å². The number of esters is 2. The lowest BCUT2D eigenvalue weighted by atomic mass is 9.81. The summed E-state index contributed by atoms with van der Waals surface area (Å²) in [5.74, 6) is 0.291. The molecule has 4 atom stereocenters. The zero-order valence-corrected chi connectivity index (χ0v) is 6.66. The Balaban J connectivity index is 2.03. The number of hydrogen-bond donors (Lipinski definition) is 0. The van der Waals surface area contributed by atoms with E-state index in [-0.39, 0.29) is 23.8 Å². The molecule has 2 aliphatic carbocycles. The normalized spacial score (nSPS) is 49.7. The second-order valence-corrected chi connectivity index (χ2v) is 4.12. The summed E-state index contributed by atoms with van der Waals surface area (Å²) < 4.78 is 4.63. The van der Waals surface area contributed by atoms with E-state index in [1.54, 1.807) is 0 Å². The van der Waals surface area contributed by atoms with Gasteiger partial charge in [-0.1, -0.05) is 0 Å². The number of carbonyl (C=O) groups is 2. The van der Waals surface area contributed by atoms with Gasteiger partial charge in [0.15, 0.2) is 0 Å². The molecule has 1 saturated heterocycles. The number of cyclic esters (lactones) is 2. The monoisotopic (exact) mass is 166 g/mol. The van der Waals surface area contributed by atoms with Crippen LogP contribution in [0, 0.1) is 23.7 Å². The summed E-state index contributed by atoms with van der Waals surface area (Å²) >= 11 is 0. The van der Waals surface area contributed by atoms with Crippen LogP contribution in [0.2, 0.25) is 0 Å². The second kappa shape index (κ2) is 1.90. The lowest BCUT2D eigenvalue weighted by Gasteiger charge is -2.17. The Kier molecular flexibility index (Phi) is 1.05. The summed E-state index contributed by atoms with van der Waals surface area (Å²) in [6, 6.07) is 0. The zero-order valence-electron chi connectivity index (χ0n) is 6.66. The molecule has 0 N–H and O–H groups in total. The fraction of sp³-hybridized carbons (Fsp3) is 0.778. The Bertz CT molecular complexity index is 245. The summed E-state index contributed by atoms with van der Waals surface area (Å²) in [5, 5.41) is 0. The Labute approximate surface area is 70.1 Å². The van der Waals surface area contributed by atoms with E-state index in [9.17, 15) is 9.59 Å². The first-order chi connectivity index (χ1) is 5.77. The van der Waals surface area contributed by atoms with E-state index >= 15 is 0 Å². The van der Waals surface area contributed by atoms with Crippen molar-refractivity contribution in [3.8, 4) is 0 Å². The molecule has 3 fully saturated rings. The summed E-state index contributed by atoms with van der Waals surface area (Å²) in [6.07, 6.45) is 3.32. The fourth-order valence-electron chi connectivity index (χ4n) is 3.20. The van der Waals surface area contributed by atoms with Gasteiger partial charge in [-0.2, -0.15) is 0 Å². The van der Waals surface area contributed by atoms with Gasteiger partial charge in [0.05, 0.1) is 11.8 Å². The Hall–Kier alpha value is -0.860. The van der Waals surface area contributed by atoms with Crippen LogP contribution in [0.15, 0.2) is 0 Å². The van der Waals surface area contributed by atoms with E-state index in [4.69, 9.17) is 0 Å². The van der Waals surface area contributed by atoms with Gasteiger partial charge < -0.3 is 4.74 Å². The topological polar surface area (TPSA) is 43.4 Å². The highest BCUT2D eigenvalue weighted by Crippen LogP contribution is 2.55. The first-order valence-electron chi connectivity index (χ1n) is 4.53. The summed E-state index contributed by atoms with van der Waals surface area (Å²) in [6.45, 7) is 0. The summed E-state index contributed by atoms with van der Waals surface area (Å²) in [5.41, 5.74) is 0. The highest BCUT2D eigenvalue weighted by atomic mass is 16.6. The molecule has 3 nitrogen and oxygen atoms in total. The van der Waals surface area contributed by atoms with E-state index in [0.29, 0.717) is 11.8 Å². The van der Waals surface area contributed by atoms with E-state index in [1.807, 2.05) is 0 Å². The Morgan fingerprint density at radius 3 is 2.00 bits per heavy atom. The predicted octanol–water partition coefficient (Wildman–Crippen LogP) is 0.732. The molecule has 3 aliphatic rings. The number of fused-ring (bicyclic) bond motifs is 5. The minimum Gasteiger partial charge on any atom is -0.393 e. The molecule has 1 heterocycles. The van der Waals surface area contributed by atoms with Crippen molar-refractivity contribution in [3.63, 3.8) is 0 Å². The average Bonchev–Trinajstić information content (AvgIpc) is 2.64. The third-order valence-corrected chi connectivity index (χ3v) is 3.66. The maximum Gasteiger partial charge on any atom is 0.317 e. The smallest absolute Gasteiger partial charge is 0.317 e. The summed E-state index contributed by atoms with van der Waals surface area (Å²) in [4.78, 5) is 22.4. The van der Waals surface area contributed by atoms with Crippen LogP contribution in [-0.4, -0.2) is 11.9 Å². The molecule has 1 aliphatic heterocycles. The second-order valence-electron chi connectivity index (χ2n) is 4.12. The van der Waals surface area contributed by atoms with Crippen molar-refractivity contribution < 1.29 is 14.3 Å². The number of carbonyl (C=O) groups excluding carboxylic acids is 2. The maximum atomic E-state index is 11.2. The van der Waals surface area contributed by atoms with Crippen molar-refractivity contribution in [1.82, 2.24) is 0 Å². The van der Waals surface area contributed by atoms with Crippen molar-refractivity contribution in [2.24, 2.45) is 23.7 Å². The van der Waals surface area contributed by atoms with Crippen LogP contribution >= 0.6 is 0 Å². The third-order valence-electron chi connectivity index (χ3n) is 3.66. The molecule has 2 saturated carbocycles. The van der Waals surface area contributed by atoms with Gasteiger partial charge in [0, 0.05) is 0 Å². The molecule has 0 radical (unpaired) electrons. The van der Waals surface area contributed by atoms with Crippen molar-refractivity contribution in [3.05, 3.63) is 0 Å². The van der Waals surface area contributed by atoms with Crippen LogP contribution in [0.3, 0.4) is 0 Å². The van der Waals surface area contributed by atoms with E-state index < -0.39 is 0 Å². The van der Waals surface area contributed by atoms with Crippen molar-refractivity contribution in [2.45, 2.75) is 19.3 Å². The highest BCUT2D eigenvalue weighted by Gasteiger charge is 2.59. The highest BCUT2D eigenvalue weighted by molar-refractivity contribution is 5.97. The van der Waals surface area contributed by atoms with Crippen molar-refractivity contribution in [2.75, 3.05) is 0 Å². The van der Waals surface area contributed by atoms with Gasteiger partial charge in [0.25, 0.3) is 0 Å². The van der Waals surface area contributed by atoms with Gasteiger partial charge in [0.2, 0.25) is 0 Å². The molecule has 0 aromatic heterocycles. The maximum absolute atomic E-state index is 11.2. The Morgan fingerprint density at radius 1 is 1.00 bits per heavy atom. The molecule has 0 amide bonds. The third kappa shape index (κ3) is 0.586. The standard InChI is InChI=1S/C9H10O3/c10-8-6-4-1-2-5(3-4)7(6)9(11)12-8/h4-7H,1-3H2/t4-,5?,6+,7-/m0/s1. The van der Waals surface area contributed by atoms with Crippen LogP contribution in [0.1, 0.15) is 19.3 Å². The molecule has 2 bridgehead atoms. The molecule has 1 unspecified atom stereocenters. The molecule has 64 valence electrons. The molecule has 3 heteroatoms. The van der Waals surface area contributed by atoms with Gasteiger partial charge in [0.1, 0.15) is 0 Å². The van der Waals surface area contributed by atoms with Crippen molar-refractivity contribution >= 4 is 11.9 Å². The largest absolute Gasteiger partial charge is 0.393 e. The molecule has 0 aromatic rings. The van der Waals surface area contributed by atoms with Crippen LogP contribution in [0.25, 0.3) is 0 Å². The molecule has 0 spiro atoms. The van der Waals surface area contributed by atoms with Gasteiger partial charge in [-0.25, -0.2) is 0 Å². The number of rotatable bonds is 0. The summed E-state index contributed by atoms with van der Waals surface area (Å²) in [7, 11) is 0. The van der Waals surface area contributed by atoms with E-state index in [1.165, 1.54) is 0 Å². The Morgan fingerprint density at radius 2 is 1.50 bits per heavy atom. The first kappa shape index (κ1) is 6.63. The molecular weight excluding hydrogens is 156 g/mol. The quantitative estimate of drug-likeness (QED) is 0.393. The minimum atomic E-state index is -0.253. The zero-order chi connectivity index (χ0) is 8.29. The van der Waals surface area contributed by atoms with Crippen LogP contribution in [0.5, 0.6) is 0 Å². The molecule has 0 aromatic carbocycles. The number of ether oxygens (including phenoxy) is 1. The number of hydrogen-bond acceptors (Lipinski definition) is 3. The SMILES string of the molecule is O=C1OC(=O)[C@H]2C3CC[C@@H](C3)[C@@H]12. The first-order valence-corrected chi connectivity index (χ1v) is 4.53. The van der Waals surface area contributed by atoms with Gasteiger partial charge >= 0.3 is 11.9 Å². The molecule has 12 heavy (non-hydrogen) atoms. The molecule has 3 rings (SSSR count). The van der Waals surface area contributed by atoms with Crippen LogP contribution < -0.4 is 0 Å². The molecular formula is C9H10O3. The van der Waals surface area contributed by atoms with E-state index in [2.05, 4.69) is 4.74 Å². The van der Waals surface area contributed by atoms with Gasteiger partial charge in [-0.3, -0.25) is 9.59 Å². The van der Waals surface area contributed by atoms with Gasteiger partial charge in [-0.15, -0.1) is 0 Å². The van der Waals surface area contributed by atoms with Gasteiger partial charge in [-0.05, 0) is 31.1 Å². The predicted molar refractivity (Wildman–Crippen MR) is 38.9 cm³/mol.